The third kappa shape index (κ3) is 5.06. The van der Waals surface area contributed by atoms with Crippen molar-refractivity contribution in [3.63, 3.8) is 0 Å². The highest BCUT2D eigenvalue weighted by atomic mass is 32.2. The number of sulfonamides is 1. The van der Waals surface area contributed by atoms with Crippen molar-refractivity contribution in [1.82, 2.24) is 0 Å². The Morgan fingerprint density at radius 1 is 1.20 bits per heavy atom. The Bertz CT molecular complexity index is 1090. The van der Waals surface area contributed by atoms with Crippen LogP contribution in [0.4, 0.5) is 30.2 Å². The van der Waals surface area contributed by atoms with E-state index in [-0.39, 0.29) is 22.6 Å². The number of rotatable bonds is 6. The lowest BCUT2D eigenvalue weighted by atomic mass is 10.1. The SMILES string of the molecule is Cc1c(NC(=O)[C@@H](C)N(c2cccc(C(F)(F)F)c2)S(C)(=O)=O)cccc1[N+](=O)[O-]. The second-order valence-electron chi connectivity index (χ2n) is 6.48. The van der Waals surface area contributed by atoms with E-state index in [9.17, 15) is 36.5 Å². The number of hydrogen-bond donors (Lipinski definition) is 1. The van der Waals surface area contributed by atoms with Crippen molar-refractivity contribution in [1.29, 1.82) is 0 Å². The molecule has 0 aliphatic heterocycles. The highest BCUT2D eigenvalue weighted by Gasteiger charge is 2.34. The first-order valence-corrected chi connectivity index (χ1v) is 10.3. The minimum Gasteiger partial charge on any atom is -0.324 e. The van der Waals surface area contributed by atoms with Gasteiger partial charge in [0.25, 0.3) is 5.69 Å². The fourth-order valence-electron chi connectivity index (χ4n) is 2.82. The molecule has 0 saturated carbocycles. The van der Waals surface area contributed by atoms with Crippen LogP contribution in [0.3, 0.4) is 0 Å². The number of carbonyl (C=O) groups excluding carboxylic acids is 1. The maximum absolute atomic E-state index is 13.0. The lowest BCUT2D eigenvalue weighted by Crippen LogP contribution is -2.45. The van der Waals surface area contributed by atoms with Gasteiger partial charge >= 0.3 is 6.18 Å². The number of amides is 1. The number of nitro benzene ring substituents is 1. The predicted molar refractivity (Wildman–Crippen MR) is 105 cm³/mol. The Morgan fingerprint density at radius 3 is 2.33 bits per heavy atom. The number of halogens is 3. The molecule has 1 amide bonds. The summed E-state index contributed by atoms with van der Waals surface area (Å²) in [6.45, 7) is 2.60. The first-order valence-electron chi connectivity index (χ1n) is 8.45. The van der Waals surface area contributed by atoms with E-state index in [0.29, 0.717) is 10.4 Å². The summed E-state index contributed by atoms with van der Waals surface area (Å²) in [5.41, 5.74) is -1.44. The van der Waals surface area contributed by atoms with E-state index >= 15 is 0 Å². The number of anilines is 2. The summed E-state index contributed by atoms with van der Waals surface area (Å²) in [6, 6.07) is 6.10. The normalized spacial score (nSPS) is 12.9. The van der Waals surface area contributed by atoms with Gasteiger partial charge in [-0.2, -0.15) is 13.2 Å². The Morgan fingerprint density at radius 2 is 1.80 bits per heavy atom. The van der Waals surface area contributed by atoms with Crippen molar-refractivity contribution < 1.29 is 31.3 Å². The second-order valence-corrected chi connectivity index (χ2v) is 8.34. The third-order valence-electron chi connectivity index (χ3n) is 4.28. The smallest absolute Gasteiger partial charge is 0.324 e. The van der Waals surface area contributed by atoms with Crippen LogP contribution in [0.15, 0.2) is 42.5 Å². The van der Waals surface area contributed by atoms with E-state index in [1.165, 1.54) is 32.0 Å². The van der Waals surface area contributed by atoms with Crippen LogP contribution in [-0.2, 0) is 21.0 Å². The molecular weight excluding hydrogens is 427 g/mol. The molecule has 0 spiro atoms. The zero-order valence-corrected chi connectivity index (χ0v) is 16.9. The molecule has 0 radical (unpaired) electrons. The van der Waals surface area contributed by atoms with Crippen molar-refractivity contribution in [2.24, 2.45) is 0 Å². The number of carbonyl (C=O) groups is 1. The average molecular weight is 445 g/mol. The maximum Gasteiger partial charge on any atom is 0.416 e. The summed E-state index contributed by atoms with van der Waals surface area (Å²) in [7, 11) is -4.15. The van der Waals surface area contributed by atoms with Gasteiger partial charge in [0.1, 0.15) is 6.04 Å². The van der Waals surface area contributed by atoms with E-state index in [4.69, 9.17) is 0 Å². The molecule has 0 bridgehead atoms. The van der Waals surface area contributed by atoms with Crippen LogP contribution in [0.25, 0.3) is 0 Å². The van der Waals surface area contributed by atoms with Gasteiger partial charge in [-0.05, 0) is 38.1 Å². The van der Waals surface area contributed by atoms with Gasteiger partial charge in [-0.25, -0.2) is 8.42 Å². The molecule has 0 saturated heterocycles. The molecule has 1 atom stereocenters. The molecule has 2 aromatic carbocycles. The summed E-state index contributed by atoms with van der Waals surface area (Å²) < 4.78 is 64.2. The highest BCUT2D eigenvalue weighted by molar-refractivity contribution is 7.92. The molecule has 12 heteroatoms. The van der Waals surface area contributed by atoms with E-state index in [0.717, 1.165) is 24.5 Å². The van der Waals surface area contributed by atoms with Gasteiger partial charge in [0.05, 0.1) is 33.7 Å². The van der Waals surface area contributed by atoms with Crippen LogP contribution in [0, 0.1) is 17.0 Å². The second kappa shape index (κ2) is 8.30. The number of nitrogens with zero attached hydrogens (tertiary/aromatic N) is 2. The predicted octanol–water partition coefficient (Wildman–Crippen LogP) is 3.72. The van der Waals surface area contributed by atoms with Gasteiger partial charge in [0, 0.05) is 6.07 Å². The summed E-state index contributed by atoms with van der Waals surface area (Å²) in [5, 5.41) is 13.4. The van der Waals surface area contributed by atoms with Gasteiger partial charge in [0.15, 0.2) is 0 Å². The van der Waals surface area contributed by atoms with Gasteiger partial charge in [-0.15, -0.1) is 0 Å². The van der Waals surface area contributed by atoms with E-state index in [1.807, 2.05) is 0 Å². The number of alkyl halides is 3. The Kier molecular flexibility index (Phi) is 6.40. The van der Waals surface area contributed by atoms with Crippen LogP contribution in [0.1, 0.15) is 18.1 Å². The number of benzene rings is 2. The Balaban J connectivity index is 2.42. The fourth-order valence-corrected chi connectivity index (χ4v) is 3.99. The zero-order chi connectivity index (χ0) is 22.9. The van der Waals surface area contributed by atoms with Crippen molar-refractivity contribution in [2.45, 2.75) is 26.1 Å². The molecule has 0 aliphatic carbocycles. The van der Waals surface area contributed by atoms with Gasteiger partial charge in [-0.1, -0.05) is 12.1 Å². The van der Waals surface area contributed by atoms with E-state index in [1.54, 1.807) is 0 Å². The summed E-state index contributed by atoms with van der Waals surface area (Å²) in [5.74, 6) is -0.874. The molecule has 0 aliphatic rings. The van der Waals surface area contributed by atoms with Gasteiger partial charge in [-0.3, -0.25) is 19.2 Å². The first kappa shape index (κ1) is 23.1. The fraction of sp³-hybridized carbons (Fsp3) is 0.278. The lowest BCUT2D eigenvalue weighted by molar-refractivity contribution is -0.385. The maximum atomic E-state index is 13.0. The molecular formula is C18H18F3N3O5S. The minimum atomic E-state index is -4.70. The zero-order valence-electron chi connectivity index (χ0n) is 16.1. The van der Waals surface area contributed by atoms with Gasteiger partial charge in [0.2, 0.25) is 15.9 Å². The molecule has 8 nitrogen and oxygen atoms in total. The molecule has 2 aromatic rings. The highest BCUT2D eigenvalue weighted by Crippen LogP contribution is 2.33. The van der Waals surface area contributed by atoms with Crippen molar-refractivity contribution in [2.75, 3.05) is 15.9 Å². The topological polar surface area (TPSA) is 110 Å². The number of nitrogens with one attached hydrogen (secondary N) is 1. The average Bonchev–Trinajstić information content (AvgIpc) is 2.61. The van der Waals surface area contributed by atoms with Crippen molar-refractivity contribution in [3.05, 3.63) is 63.7 Å². The summed E-state index contributed by atoms with van der Waals surface area (Å²) >= 11 is 0. The molecule has 1 N–H and O–H groups in total. The molecule has 2 rings (SSSR count). The Labute approximate surface area is 170 Å². The quantitative estimate of drug-likeness (QED) is 0.538. The molecule has 0 aromatic heterocycles. The Hall–Kier alpha value is -3.15. The molecule has 0 fully saturated rings. The van der Waals surface area contributed by atoms with Crippen LogP contribution >= 0.6 is 0 Å². The monoisotopic (exact) mass is 445 g/mol. The first-order chi connectivity index (χ1) is 13.7. The van der Waals surface area contributed by atoms with Crippen molar-refractivity contribution >= 4 is 33.0 Å². The lowest BCUT2D eigenvalue weighted by Gasteiger charge is -2.28. The standard InChI is InChI=1S/C18H18F3N3O5S/c1-11-15(8-5-9-16(11)24(26)27)22-17(25)12(2)23(30(3,28)29)14-7-4-6-13(10-14)18(19,20)21/h4-10,12H,1-3H3,(H,22,25)/t12-/m1/s1. The molecule has 0 unspecified atom stereocenters. The largest absolute Gasteiger partial charge is 0.416 e. The van der Waals surface area contributed by atoms with E-state index < -0.39 is 38.6 Å². The van der Waals surface area contributed by atoms with Crippen LogP contribution in [0.5, 0.6) is 0 Å². The van der Waals surface area contributed by atoms with Crippen LogP contribution in [0.2, 0.25) is 0 Å². The van der Waals surface area contributed by atoms with Crippen LogP contribution in [-0.4, -0.2) is 31.5 Å². The van der Waals surface area contributed by atoms with E-state index in [2.05, 4.69) is 5.32 Å². The van der Waals surface area contributed by atoms with Crippen LogP contribution < -0.4 is 9.62 Å². The molecule has 0 heterocycles. The molecule has 162 valence electrons. The minimum absolute atomic E-state index is 0.0820. The summed E-state index contributed by atoms with van der Waals surface area (Å²) in [4.78, 5) is 23.1. The van der Waals surface area contributed by atoms with Gasteiger partial charge < -0.3 is 5.32 Å². The summed E-state index contributed by atoms with van der Waals surface area (Å²) in [6.07, 6.45) is -3.94. The molecule has 30 heavy (non-hydrogen) atoms. The number of hydrogen-bond acceptors (Lipinski definition) is 5. The third-order valence-corrected chi connectivity index (χ3v) is 5.52. The number of nitro groups is 1. The van der Waals surface area contributed by atoms with Crippen molar-refractivity contribution in [3.8, 4) is 0 Å².